The molecule has 1 aliphatic rings. The van der Waals surface area contributed by atoms with Gasteiger partial charge in [0.2, 0.25) is 0 Å². The van der Waals surface area contributed by atoms with Crippen LogP contribution in [0, 0.1) is 5.82 Å². The van der Waals surface area contributed by atoms with Crippen LogP contribution >= 0.6 is 0 Å². The Bertz CT molecular complexity index is 593. The van der Waals surface area contributed by atoms with E-state index in [1.807, 2.05) is 16.9 Å². The van der Waals surface area contributed by atoms with Crippen LogP contribution in [0.25, 0.3) is 0 Å². The van der Waals surface area contributed by atoms with Gasteiger partial charge in [0.05, 0.1) is 24.0 Å². The zero-order valence-corrected chi connectivity index (χ0v) is 12.0. The SMILES string of the molecule is OC(Cc1ccn(C2CCCCC2)n1)c1ccncc1F. The normalized spacial score (nSPS) is 17.8. The van der Waals surface area contributed by atoms with Gasteiger partial charge in [-0.3, -0.25) is 9.67 Å². The van der Waals surface area contributed by atoms with E-state index in [4.69, 9.17) is 0 Å². The van der Waals surface area contributed by atoms with Crippen molar-refractivity contribution in [2.45, 2.75) is 50.7 Å². The van der Waals surface area contributed by atoms with Gasteiger partial charge in [-0.2, -0.15) is 5.10 Å². The lowest BCUT2D eigenvalue weighted by Crippen LogP contribution is -2.14. The van der Waals surface area contributed by atoms with E-state index >= 15 is 0 Å². The second-order valence-corrected chi connectivity index (χ2v) is 5.70. The summed E-state index contributed by atoms with van der Waals surface area (Å²) in [6, 6.07) is 3.90. The van der Waals surface area contributed by atoms with E-state index in [0.29, 0.717) is 12.5 Å². The fraction of sp³-hybridized carbons (Fsp3) is 0.500. The van der Waals surface area contributed by atoms with Crippen molar-refractivity contribution in [3.8, 4) is 0 Å². The first kappa shape index (κ1) is 14.2. The van der Waals surface area contributed by atoms with Gasteiger partial charge in [-0.1, -0.05) is 19.3 Å². The van der Waals surface area contributed by atoms with Crippen LogP contribution in [0.4, 0.5) is 4.39 Å². The molecule has 0 radical (unpaired) electrons. The smallest absolute Gasteiger partial charge is 0.147 e. The molecule has 2 heterocycles. The molecule has 4 nitrogen and oxygen atoms in total. The van der Waals surface area contributed by atoms with Gasteiger partial charge < -0.3 is 5.11 Å². The molecule has 1 atom stereocenters. The highest BCUT2D eigenvalue weighted by Gasteiger charge is 2.18. The zero-order valence-electron chi connectivity index (χ0n) is 12.0. The van der Waals surface area contributed by atoms with E-state index in [0.717, 1.165) is 11.9 Å². The second-order valence-electron chi connectivity index (χ2n) is 5.70. The highest BCUT2D eigenvalue weighted by molar-refractivity contribution is 5.18. The van der Waals surface area contributed by atoms with E-state index in [1.54, 1.807) is 0 Å². The molecule has 1 saturated carbocycles. The Morgan fingerprint density at radius 2 is 2.10 bits per heavy atom. The summed E-state index contributed by atoms with van der Waals surface area (Å²) in [6.45, 7) is 0. The van der Waals surface area contributed by atoms with Gasteiger partial charge in [0.15, 0.2) is 0 Å². The molecule has 112 valence electrons. The van der Waals surface area contributed by atoms with Crippen LogP contribution in [0.5, 0.6) is 0 Å². The van der Waals surface area contributed by atoms with E-state index in [1.165, 1.54) is 44.4 Å². The fourth-order valence-electron chi connectivity index (χ4n) is 3.00. The van der Waals surface area contributed by atoms with Crippen LogP contribution in [0.2, 0.25) is 0 Å². The predicted molar refractivity (Wildman–Crippen MR) is 77.2 cm³/mol. The lowest BCUT2D eigenvalue weighted by atomic mass is 9.96. The zero-order chi connectivity index (χ0) is 14.7. The maximum Gasteiger partial charge on any atom is 0.147 e. The molecule has 1 unspecified atom stereocenters. The monoisotopic (exact) mass is 289 g/mol. The minimum Gasteiger partial charge on any atom is -0.388 e. The van der Waals surface area contributed by atoms with E-state index in [2.05, 4.69) is 10.1 Å². The second kappa shape index (κ2) is 6.35. The summed E-state index contributed by atoms with van der Waals surface area (Å²) in [5, 5.41) is 14.7. The van der Waals surface area contributed by atoms with E-state index < -0.39 is 11.9 Å². The molecule has 0 aliphatic heterocycles. The number of rotatable bonds is 4. The lowest BCUT2D eigenvalue weighted by molar-refractivity contribution is 0.171. The van der Waals surface area contributed by atoms with Crippen molar-refractivity contribution in [2.75, 3.05) is 0 Å². The number of pyridine rings is 1. The van der Waals surface area contributed by atoms with Crippen LogP contribution in [-0.2, 0) is 6.42 Å². The van der Waals surface area contributed by atoms with E-state index in [-0.39, 0.29) is 5.56 Å². The first-order valence-electron chi connectivity index (χ1n) is 7.55. The van der Waals surface area contributed by atoms with Crippen LogP contribution in [0.15, 0.2) is 30.7 Å². The minimum atomic E-state index is -0.886. The maximum absolute atomic E-state index is 13.6. The molecule has 21 heavy (non-hydrogen) atoms. The van der Waals surface area contributed by atoms with Crippen molar-refractivity contribution in [2.24, 2.45) is 0 Å². The van der Waals surface area contributed by atoms with Crippen LogP contribution < -0.4 is 0 Å². The van der Waals surface area contributed by atoms with Crippen LogP contribution in [0.3, 0.4) is 0 Å². The molecule has 0 bridgehead atoms. The summed E-state index contributed by atoms with van der Waals surface area (Å²) in [7, 11) is 0. The van der Waals surface area contributed by atoms with Gasteiger partial charge in [0.1, 0.15) is 5.82 Å². The number of aromatic nitrogens is 3. The van der Waals surface area contributed by atoms with Crippen molar-refractivity contribution < 1.29 is 9.50 Å². The Labute approximate surface area is 123 Å². The van der Waals surface area contributed by atoms with Crippen molar-refractivity contribution in [3.63, 3.8) is 0 Å². The van der Waals surface area contributed by atoms with Crippen molar-refractivity contribution in [1.82, 2.24) is 14.8 Å². The average Bonchev–Trinajstić information content (AvgIpc) is 2.97. The van der Waals surface area contributed by atoms with Gasteiger partial charge in [0, 0.05) is 24.4 Å². The van der Waals surface area contributed by atoms with Crippen molar-refractivity contribution in [3.05, 3.63) is 47.8 Å². The van der Waals surface area contributed by atoms with Crippen LogP contribution in [-0.4, -0.2) is 19.9 Å². The number of hydrogen-bond acceptors (Lipinski definition) is 3. The molecule has 1 aliphatic carbocycles. The van der Waals surface area contributed by atoms with Gasteiger partial charge in [0.25, 0.3) is 0 Å². The third kappa shape index (κ3) is 3.29. The molecular weight excluding hydrogens is 269 g/mol. The summed E-state index contributed by atoms with van der Waals surface area (Å²) in [5.74, 6) is -0.475. The number of hydrogen-bond donors (Lipinski definition) is 1. The van der Waals surface area contributed by atoms with Crippen LogP contribution in [0.1, 0.15) is 55.5 Å². The molecule has 2 aromatic heterocycles. The fourth-order valence-corrected chi connectivity index (χ4v) is 3.00. The quantitative estimate of drug-likeness (QED) is 0.940. The molecule has 5 heteroatoms. The third-order valence-corrected chi connectivity index (χ3v) is 4.18. The Morgan fingerprint density at radius 3 is 2.86 bits per heavy atom. The summed E-state index contributed by atoms with van der Waals surface area (Å²) in [6.07, 6.45) is 10.2. The molecule has 0 aromatic carbocycles. The number of aliphatic hydroxyl groups excluding tert-OH is 1. The highest BCUT2D eigenvalue weighted by Crippen LogP contribution is 2.28. The lowest BCUT2D eigenvalue weighted by Gasteiger charge is -2.21. The first-order valence-corrected chi connectivity index (χ1v) is 7.55. The molecule has 3 rings (SSSR count). The summed E-state index contributed by atoms with van der Waals surface area (Å²) in [4.78, 5) is 3.69. The number of nitrogens with zero attached hydrogens (tertiary/aromatic N) is 3. The van der Waals surface area contributed by atoms with Crippen molar-refractivity contribution in [1.29, 1.82) is 0 Å². The van der Waals surface area contributed by atoms with Gasteiger partial charge in [-0.05, 0) is 25.0 Å². The molecule has 0 saturated heterocycles. The number of aliphatic hydroxyl groups is 1. The summed E-state index contributed by atoms with van der Waals surface area (Å²) in [5.41, 5.74) is 1.07. The average molecular weight is 289 g/mol. The Morgan fingerprint density at radius 1 is 1.29 bits per heavy atom. The standard InChI is InChI=1S/C16H20FN3O/c17-15-11-18-8-6-14(15)16(21)10-12-7-9-20(19-12)13-4-2-1-3-5-13/h6-9,11,13,16,21H,1-5,10H2. The Balaban J connectivity index is 1.68. The third-order valence-electron chi connectivity index (χ3n) is 4.18. The van der Waals surface area contributed by atoms with Gasteiger partial charge >= 0.3 is 0 Å². The minimum absolute atomic E-state index is 0.275. The van der Waals surface area contributed by atoms with Gasteiger partial charge in [-0.15, -0.1) is 0 Å². The highest BCUT2D eigenvalue weighted by atomic mass is 19.1. The molecule has 1 fully saturated rings. The molecule has 2 aromatic rings. The summed E-state index contributed by atoms with van der Waals surface area (Å²) >= 11 is 0. The maximum atomic E-state index is 13.6. The first-order chi connectivity index (χ1) is 10.2. The van der Waals surface area contributed by atoms with Gasteiger partial charge in [-0.25, -0.2) is 4.39 Å². The number of halogens is 1. The summed E-state index contributed by atoms with van der Waals surface area (Å²) < 4.78 is 15.6. The Hall–Kier alpha value is -1.75. The van der Waals surface area contributed by atoms with E-state index in [9.17, 15) is 9.50 Å². The largest absolute Gasteiger partial charge is 0.388 e. The molecule has 0 spiro atoms. The molecule has 0 amide bonds. The van der Waals surface area contributed by atoms with Crippen molar-refractivity contribution >= 4 is 0 Å². The predicted octanol–water partition coefficient (Wildman–Crippen LogP) is 3.20. The molecular formula is C16H20FN3O. The molecule has 1 N–H and O–H groups in total. The topological polar surface area (TPSA) is 50.9 Å². The Kier molecular flexibility index (Phi) is 4.29.